The highest BCUT2D eigenvalue weighted by molar-refractivity contribution is 7.99. The summed E-state index contributed by atoms with van der Waals surface area (Å²) in [5.41, 5.74) is 1.39. The molecular weight excluding hydrogens is 386 g/mol. The number of benzene rings is 2. The van der Waals surface area contributed by atoms with Crippen LogP contribution >= 0.6 is 11.8 Å². The van der Waals surface area contributed by atoms with Crippen molar-refractivity contribution in [2.75, 3.05) is 13.7 Å². The van der Waals surface area contributed by atoms with E-state index in [9.17, 15) is 8.78 Å². The first-order valence-corrected chi connectivity index (χ1v) is 9.31. The van der Waals surface area contributed by atoms with Crippen molar-refractivity contribution >= 4 is 18.0 Å². The number of thioether (sulfide) groups is 1. The summed E-state index contributed by atoms with van der Waals surface area (Å²) in [6.07, 6.45) is 1.54. The molecule has 6 nitrogen and oxygen atoms in total. The van der Waals surface area contributed by atoms with Crippen molar-refractivity contribution in [3.8, 4) is 22.9 Å². The molecule has 3 aromatic rings. The Morgan fingerprint density at radius 2 is 1.89 bits per heavy atom. The molecule has 9 heteroatoms. The van der Waals surface area contributed by atoms with E-state index in [-0.39, 0.29) is 16.9 Å². The van der Waals surface area contributed by atoms with Gasteiger partial charge in [0.15, 0.2) is 5.82 Å². The Hall–Kier alpha value is -2.94. The van der Waals surface area contributed by atoms with Crippen LogP contribution in [0.1, 0.15) is 12.5 Å². The van der Waals surface area contributed by atoms with Crippen LogP contribution in [0.3, 0.4) is 0 Å². The first-order valence-electron chi connectivity index (χ1n) is 8.43. The molecular formula is C19H18F2N4O2S. The number of nitrogens with zero attached hydrogens (tertiary/aromatic N) is 4. The van der Waals surface area contributed by atoms with Gasteiger partial charge in [-0.15, -0.1) is 10.2 Å². The van der Waals surface area contributed by atoms with Crippen LogP contribution in [0.2, 0.25) is 0 Å². The average molecular weight is 404 g/mol. The standard InChI is InChI=1S/C19H18F2N4O2S/c1-3-27-16-7-5-4-6-14(16)12-22-25-17(23-24-19(25)28-18(20)21)13-8-10-15(26-2)11-9-13/h4-12,18H,3H2,1-2H3/b22-12-. The summed E-state index contributed by atoms with van der Waals surface area (Å²) in [6, 6.07) is 14.4. The zero-order chi connectivity index (χ0) is 19.9. The SMILES string of the molecule is CCOc1ccccc1/C=N\n1c(SC(F)F)nnc1-c1ccc(OC)cc1. The Labute approximate surface area is 165 Å². The third kappa shape index (κ3) is 4.66. The maximum Gasteiger partial charge on any atom is 0.291 e. The van der Waals surface area contributed by atoms with Crippen molar-refractivity contribution in [3.63, 3.8) is 0 Å². The summed E-state index contributed by atoms with van der Waals surface area (Å²) in [5.74, 6) is -0.976. The molecule has 0 amide bonds. The molecule has 0 aliphatic rings. The highest BCUT2D eigenvalue weighted by Gasteiger charge is 2.18. The van der Waals surface area contributed by atoms with Gasteiger partial charge in [-0.2, -0.15) is 18.6 Å². The van der Waals surface area contributed by atoms with Crippen molar-refractivity contribution in [2.24, 2.45) is 5.10 Å². The lowest BCUT2D eigenvalue weighted by Gasteiger charge is -2.07. The number of rotatable bonds is 8. The molecule has 28 heavy (non-hydrogen) atoms. The van der Waals surface area contributed by atoms with Crippen LogP contribution in [0.4, 0.5) is 8.78 Å². The van der Waals surface area contributed by atoms with Crippen LogP contribution < -0.4 is 9.47 Å². The Morgan fingerprint density at radius 3 is 2.57 bits per heavy atom. The van der Waals surface area contributed by atoms with E-state index in [1.165, 1.54) is 10.9 Å². The summed E-state index contributed by atoms with van der Waals surface area (Å²) in [5, 5.41) is 12.2. The summed E-state index contributed by atoms with van der Waals surface area (Å²) < 4.78 is 37.9. The van der Waals surface area contributed by atoms with Crippen molar-refractivity contribution in [1.82, 2.24) is 14.9 Å². The molecule has 0 saturated heterocycles. The van der Waals surface area contributed by atoms with E-state index >= 15 is 0 Å². The molecule has 0 atom stereocenters. The minimum absolute atomic E-state index is 0.00837. The second-order valence-corrected chi connectivity index (χ2v) is 6.40. The number of para-hydroxylation sites is 1. The Kier molecular flexibility index (Phi) is 6.59. The van der Waals surface area contributed by atoms with Gasteiger partial charge >= 0.3 is 0 Å². The highest BCUT2D eigenvalue weighted by Crippen LogP contribution is 2.29. The van der Waals surface area contributed by atoms with E-state index in [0.29, 0.717) is 35.1 Å². The van der Waals surface area contributed by atoms with Gasteiger partial charge in [0, 0.05) is 11.1 Å². The maximum absolute atomic E-state index is 12.9. The topological polar surface area (TPSA) is 61.5 Å². The average Bonchev–Trinajstić information content (AvgIpc) is 3.09. The fourth-order valence-corrected chi connectivity index (χ4v) is 2.92. The Bertz CT molecular complexity index is 945. The smallest absolute Gasteiger partial charge is 0.291 e. The normalized spacial score (nSPS) is 11.3. The van der Waals surface area contributed by atoms with Gasteiger partial charge in [-0.1, -0.05) is 12.1 Å². The first kappa shape index (κ1) is 19.8. The molecule has 0 radical (unpaired) electrons. The fourth-order valence-electron chi connectivity index (χ4n) is 2.44. The van der Waals surface area contributed by atoms with E-state index in [2.05, 4.69) is 15.3 Å². The van der Waals surface area contributed by atoms with Crippen LogP contribution in [-0.2, 0) is 0 Å². The zero-order valence-electron chi connectivity index (χ0n) is 15.3. The van der Waals surface area contributed by atoms with Gasteiger partial charge in [-0.25, -0.2) is 0 Å². The van der Waals surface area contributed by atoms with E-state index in [1.807, 2.05) is 31.2 Å². The number of ether oxygens (including phenoxy) is 2. The largest absolute Gasteiger partial charge is 0.497 e. The monoisotopic (exact) mass is 404 g/mol. The molecule has 1 aromatic heterocycles. The number of halogens is 2. The summed E-state index contributed by atoms with van der Waals surface area (Å²) in [6.45, 7) is 2.38. The van der Waals surface area contributed by atoms with Gasteiger partial charge in [0.2, 0.25) is 5.16 Å². The van der Waals surface area contributed by atoms with Gasteiger partial charge in [0.1, 0.15) is 11.5 Å². The van der Waals surface area contributed by atoms with Gasteiger partial charge < -0.3 is 9.47 Å². The lowest BCUT2D eigenvalue weighted by molar-refractivity contribution is 0.251. The molecule has 0 spiro atoms. The quantitative estimate of drug-likeness (QED) is 0.407. The molecule has 0 unspecified atom stereocenters. The number of methoxy groups -OCH3 is 1. The van der Waals surface area contributed by atoms with E-state index in [0.717, 1.165) is 0 Å². The van der Waals surface area contributed by atoms with E-state index in [4.69, 9.17) is 9.47 Å². The second kappa shape index (κ2) is 9.32. The molecule has 0 N–H and O–H groups in total. The molecule has 146 valence electrons. The van der Waals surface area contributed by atoms with Crippen LogP contribution in [0, 0.1) is 0 Å². The minimum atomic E-state index is -2.64. The van der Waals surface area contributed by atoms with Gasteiger partial charge in [-0.3, -0.25) is 0 Å². The third-order valence-electron chi connectivity index (χ3n) is 3.69. The van der Waals surface area contributed by atoms with Crippen LogP contribution in [0.25, 0.3) is 11.4 Å². The van der Waals surface area contributed by atoms with Crippen molar-refractivity contribution in [2.45, 2.75) is 17.8 Å². The summed E-state index contributed by atoms with van der Waals surface area (Å²) in [7, 11) is 1.56. The Balaban J connectivity index is 2.01. The predicted octanol–water partition coefficient (Wildman–Crippen LogP) is 4.55. The molecule has 0 aliphatic heterocycles. The van der Waals surface area contributed by atoms with E-state index < -0.39 is 5.76 Å². The van der Waals surface area contributed by atoms with Crippen LogP contribution in [0.15, 0.2) is 58.8 Å². The summed E-state index contributed by atoms with van der Waals surface area (Å²) in [4.78, 5) is 0. The lowest BCUT2D eigenvalue weighted by atomic mass is 10.2. The second-order valence-electron chi connectivity index (χ2n) is 5.44. The molecule has 0 aliphatic carbocycles. The first-order chi connectivity index (χ1) is 13.6. The maximum atomic E-state index is 12.9. The van der Waals surface area contributed by atoms with Gasteiger partial charge in [0.25, 0.3) is 5.76 Å². The van der Waals surface area contributed by atoms with Crippen molar-refractivity contribution in [3.05, 3.63) is 54.1 Å². The van der Waals surface area contributed by atoms with Gasteiger partial charge in [0.05, 0.1) is 19.9 Å². The van der Waals surface area contributed by atoms with Crippen molar-refractivity contribution in [1.29, 1.82) is 0 Å². The predicted molar refractivity (Wildman–Crippen MR) is 104 cm³/mol. The molecule has 3 rings (SSSR count). The zero-order valence-corrected chi connectivity index (χ0v) is 16.1. The molecule has 0 saturated carbocycles. The lowest BCUT2D eigenvalue weighted by Crippen LogP contribution is -2.00. The molecule has 0 bridgehead atoms. The minimum Gasteiger partial charge on any atom is -0.497 e. The number of alkyl halides is 2. The number of hydrogen-bond acceptors (Lipinski definition) is 6. The summed E-state index contributed by atoms with van der Waals surface area (Å²) >= 11 is 0.284. The molecule has 2 aromatic carbocycles. The van der Waals surface area contributed by atoms with Gasteiger partial charge in [-0.05, 0) is 55.1 Å². The number of hydrogen-bond donors (Lipinski definition) is 0. The number of aromatic nitrogens is 3. The van der Waals surface area contributed by atoms with Crippen LogP contribution in [-0.4, -0.2) is 40.6 Å². The van der Waals surface area contributed by atoms with E-state index in [1.54, 1.807) is 31.4 Å². The molecule has 1 heterocycles. The van der Waals surface area contributed by atoms with Crippen molar-refractivity contribution < 1.29 is 18.3 Å². The van der Waals surface area contributed by atoms with Crippen LogP contribution in [0.5, 0.6) is 11.5 Å². The highest BCUT2D eigenvalue weighted by atomic mass is 32.2. The third-order valence-corrected chi connectivity index (χ3v) is 4.33. The fraction of sp³-hybridized carbons (Fsp3) is 0.211. The molecule has 0 fully saturated rings. The Morgan fingerprint density at radius 1 is 1.14 bits per heavy atom.